The minimum absolute atomic E-state index is 0.607. The van der Waals surface area contributed by atoms with Crippen LogP contribution < -0.4 is 5.32 Å². The summed E-state index contributed by atoms with van der Waals surface area (Å²) in [6.07, 6.45) is 7.58. The highest BCUT2D eigenvalue weighted by molar-refractivity contribution is 6.03. The van der Waals surface area contributed by atoms with Crippen molar-refractivity contribution >= 4 is 23.2 Å². The molecule has 4 heteroatoms. The maximum Gasteiger partial charge on any atom is 0.0671 e. The molecule has 0 bridgehead atoms. The van der Waals surface area contributed by atoms with Gasteiger partial charge < -0.3 is 10.2 Å². The molecule has 2 fully saturated rings. The lowest BCUT2D eigenvalue weighted by Gasteiger charge is -2.37. The number of fused-ring (bicyclic) bond motifs is 1. The van der Waals surface area contributed by atoms with Crippen LogP contribution in [-0.4, -0.2) is 41.3 Å². The van der Waals surface area contributed by atoms with Gasteiger partial charge in [-0.3, -0.25) is 9.98 Å². The van der Waals surface area contributed by atoms with Gasteiger partial charge in [-0.2, -0.15) is 0 Å². The molecule has 2 saturated heterocycles. The molecule has 4 rings (SSSR count). The Kier molecular flexibility index (Phi) is 7.14. The summed E-state index contributed by atoms with van der Waals surface area (Å²) < 4.78 is 0. The number of likely N-dealkylation sites (tertiary alicyclic amines) is 1. The number of rotatable bonds is 6. The number of hydrogen-bond acceptors (Lipinski definition) is 4. The number of hydrogen-bond donors (Lipinski definition) is 1. The van der Waals surface area contributed by atoms with Crippen LogP contribution in [0.1, 0.15) is 61.6 Å². The minimum atomic E-state index is 0.607. The lowest BCUT2D eigenvalue weighted by atomic mass is 9.91. The standard InChI is InChI=1S/C29H38N4/c1-7-24-16-27(23(6)33-14-11-25-10-13-31-29(25)18-33)17-28(20(24)3)32-21(4)19(2)15-26-9-8-12-30-22(26)5/h8-9,12,15-17,25,29,31H,6-7,10-11,13-14,18H2,1-5H3/b19-15+,32-21?. The van der Waals surface area contributed by atoms with Gasteiger partial charge in [0.1, 0.15) is 0 Å². The quantitative estimate of drug-likeness (QED) is 0.549. The molecule has 0 spiro atoms. The van der Waals surface area contributed by atoms with E-state index < -0.39 is 0 Å². The van der Waals surface area contributed by atoms with E-state index in [-0.39, 0.29) is 0 Å². The van der Waals surface area contributed by atoms with Gasteiger partial charge in [0.2, 0.25) is 0 Å². The molecule has 1 N–H and O–H groups in total. The predicted octanol–water partition coefficient (Wildman–Crippen LogP) is 6.11. The molecule has 1 aromatic heterocycles. The van der Waals surface area contributed by atoms with E-state index in [1.807, 2.05) is 19.2 Å². The third-order valence-corrected chi connectivity index (χ3v) is 7.54. The Hall–Kier alpha value is -2.72. The fourth-order valence-corrected chi connectivity index (χ4v) is 5.12. The molecule has 0 aliphatic carbocycles. The van der Waals surface area contributed by atoms with Gasteiger partial charge in [0.05, 0.1) is 5.69 Å². The molecule has 33 heavy (non-hydrogen) atoms. The van der Waals surface area contributed by atoms with Gasteiger partial charge in [-0.15, -0.1) is 0 Å². The van der Waals surface area contributed by atoms with Crippen LogP contribution in [-0.2, 0) is 6.42 Å². The maximum absolute atomic E-state index is 5.09. The lowest BCUT2D eigenvalue weighted by molar-refractivity contribution is 0.231. The average Bonchev–Trinajstić information content (AvgIpc) is 3.29. The van der Waals surface area contributed by atoms with Crippen molar-refractivity contribution in [3.8, 4) is 0 Å². The van der Waals surface area contributed by atoms with E-state index in [2.05, 4.69) is 73.7 Å². The first kappa shape index (κ1) is 23.4. The van der Waals surface area contributed by atoms with Crippen LogP contribution in [0.5, 0.6) is 0 Å². The van der Waals surface area contributed by atoms with E-state index in [1.165, 1.54) is 29.5 Å². The Balaban J connectivity index is 1.62. The maximum atomic E-state index is 5.09. The molecular weight excluding hydrogens is 404 g/mol. The third kappa shape index (κ3) is 5.11. The molecule has 4 nitrogen and oxygen atoms in total. The number of pyridine rings is 1. The van der Waals surface area contributed by atoms with Crippen molar-refractivity contribution in [1.82, 2.24) is 15.2 Å². The molecule has 2 aliphatic rings. The largest absolute Gasteiger partial charge is 0.370 e. The molecule has 2 aromatic rings. The molecule has 3 heterocycles. The van der Waals surface area contributed by atoms with E-state index in [0.717, 1.165) is 65.9 Å². The zero-order valence-corrected chi connectivity index (χ0v) is 20.9. The van der Waals surface area contributed by atoms with Crippen LogP contribution in [0.15, 0.2) is 47.6 Å². The fraction of sp³-hybridized carbons (Fsp3) is 0.448. The molecule has 0 radical (unpaired) electrons. The number of allylic oxidation sites excluding steroid dienone is 1. The average molecular weight is 443 g/mol. The monoisotopic (exact) mass is 442 g/mol. The van der Waals surface area contributed by atoms with E-state index in [1.54, 1.807) is 0 Å². The predicted molar refractivity (Wildman–Crippen MR) is 141 cm³/mol. The first-order valence-corrected chi connectivity index (χ1v) is 12.3. The molecule has 2 unspecified atom stereocenters. The van der Waals surface area contributed by atoms with Gasteiger partial charge >= 0.3 is 0 Å². The number of aromatic nitrogens is 1. The summed E-state index contributed by atoms with van der Waals surface area (Å²) in [7, 11) is 0. The van der Waals surface area contributed by atoms with Crippen molar-refractivity contribution in [3.63, 3.8) is 0 Å². The van der Waals surface area contributed by atoms with Crippen molar-refractivity contribution in [3.05, 3.63) is 70.6 Å². The van der Waals surface area contributed by atoms with Gasteiger partial charge in [-0.1, -0.05) is 19.6 Å². The number of aliphatic imine (C=N–C) groups is 1. The fourth-order valence-electron chi connectivity index (χ4n) is 5.12. The molecule has 0 saturated carbocycles. The Morgan fingerprint density at radius 1 is 1.27 bits per heavy atom. The molecular formula is C29H38N4. The van der Waals surface area contributed by atoms with Gasteiger partial charge in [0.25, 0.3) is 0 Å². The second kappa shape index (κ2) is 10.0. The van der Waals surface area contributed by atoms with Crippen LogP contribution in [0.3, 0.4) is 0 Å². The Morgan fingerprint density at radius 2 is 2.09 bits per heavy atom. The Morgan fingerprint density at radius 3 is 2.85 bits per heavy atom. The van der Waals surface area contributed by atoms with Gasteiger partial charge in [0.15, 0.2) is 0 Å². The van der Waals surface area contributed by atoms with Crippen LogP contribution in [0, 0.1) is 19.8 Å². The number of nitrogens with zero attached hydrogens (tertiary/aromatic N) is 3. The highest BCUT2D eigenvalue weighted by atomic mass is 15.2. The van der Waals surface area contributed by atoms with E-state index in [4.69, 9.17) is 4.99 Å². The summed E-state index contributed by atoms with van der Waals surface area (Å²) in [5.41, 5.74) is 10.3. The summed E-state index contributed by atoms with van der Waals surface area (Å²) in [6, 6.07) is 9.25. The van der Waals surface area contributed by atoms with Crippen molar-refractivity contribution in [2.45, 2.75) is 59.9 Å². The number of benzene rings is 1. The van der Waals surface area contributed by atoms with Crippen LogP contribution >= 0.6 is 0 Å². The number of piperidine rings is 1. The van der Waals surface area contributed by atoms with Gasteiger partial charge in [0, 0.05) is 42.4 Å². The van der Waals surface area contributed by atoms with E-state index >= 15 is 0 Å². The lowest BCUT2D eigenvalue weighted by Crippen LogP contribution is -2.45. The zero-order valence-electron chi connectivity index (χ0n) is 20.9. The summed E-state index contributed by atoms with van der Waals surface area (Å²) >= 11 is 0. The van der Waals surface area contributed by atoms with Gasteiger partial charge in [-0.25, -0.2) is 0 Å². The van der Waals surface area contributed by atoms with Crippen molar-refractivity contribution in [1.29, 1.82) is 0 Å². The SMILES string of the molecule is C=C(c1cc(CC)c(C)c(N=C(C)/C(C)=C/c2cccnc2C)c1)N1CCC2CCNC2C1. The highest BCUT2D eigenvalue weighted by Gasteiger charge is 2.33. The molecule has 2 atom stereocenters. The second-order valence-corrected chi connectivity index (χ2v) is 9.63. The van der Waals surface area contributed by atoms with Gasteiger partial charge in [-0.05, 0) is 112 Å². The summed E-state index contributed by atoms with van der Waals surface area (Å²) in [5, 5.41) is 3.68. The van der Waals surface area contributed by atoms with Crippen molar-refractivity contribution in [2.75, 3.05) is 19.6 Å². The summed E-state index contributed by atoms with van der Waals surface area (Å²) in [6.45, 7) is 18.5. The Labute approximate surface area is 199 Å². The second-order valence-electron chi connectivity index (χ2n) is 9.63. The first-order valence-electron chi connectivity index (χ1n) is 12.3. The smallest absolute Gasteiger partial charge is 0.0671 e. The molecule has 1 aromatic carbocycles. The third-order valence-electron chi connectivity index (χ3n) is 7.54. The van der Waals surface area contributed by atoms with Crippen molar-refractivity contribution < 1.29 is 0 Å². The highest BCUT2D eigenvalue weighted by Crippen LogP contribution is 2.33. The van der Waals surface area contributed by atoms with Crippen LogP contribution in [0.2, 0.25) is 0 Å². The molecule has 0 amide bonds. The first-order chi connectivity index (χ1) is 15.9. The van der Waals surface area contributed by atoms with Crippen LogP contribution in [0.25, 0.3) is 11.8 Å². The van der Waals surface area contributed by atoms with Crippen LogP contribution in [0.4, 0.5) is 5.69 Å². The Bertz CT molecular complexity index is 1090. The van der Waals surface area contributed by atoms with Crippen molar-refractivity contribution in [2.24, 2.45) is 10.9 Å². The van der Waals surface area contributed by atoms with E-state index in [0.29, 0.717) is 6.04 Å². The molecule has 2 aliphatic heterocycles. The number of nitrogens with one attached hydrogen (secondary N) is 1. The zero-order chi connectivity index (χ0) is 23.5. The van der Waals surface area contributed by atoms with E-state index in [9.17, 15) is 0 Å². The molecule has 174 valence electrons. The summed E-state index contributed by atoms with van der Waals surface area (Å²) in [5.74, 6) is 0.833. The number of aryl methyl sites for hydroxylation is 2. The normalized spacial score (nSPS) is 21.3. The summed E-state index contributed by atoms with van der Waals surface area (Å²) in [4.78, 5) is 12.0. The minimum Gasteiger partial charge on any atom is -0.370 e. The topological polar surface area (TPSA) is 40.5 Å².